The molecule has 1 fully saturated rings. The van der Waals surface area contributed by atoms with Crippen molar-refractivity contribution in [3.8, 4) is 5.69 Å². The molecule has 2 heterocycles. The summed E-state index contributed by atoms with van der Waals surface area (Å²) in [5.41, 5.74) is 1.23. The van der Waals surface area contributed by atoms with Crippen molar-refractivity contribution in [1.29, 1.82) is 0 Å². The van der Waals surface area contributed by atoms with Crippen LogP contribution in [-0.4, -0.2) is 34.1 Å². The number of carbonyl (C=O) groups is 1. The predicted octanol–water partition coefficient (Wildman–Crippen LogP) is 2.60. The molecule has 0 bridgehead atoms. The van der Waals surface area contributed by atoms with Crippen LogP contribution in [0.4, 0.5) is 4.39 Å². The Morgan fingerprint density at radius 3 is 2.81 bits per heavy atom. The summed E-state index contributed by atoms with van der Waals surface area (Å²) in [7, 11) is 0. The molecule has 1 saturated heterocycles. The van der Waals surface area contributed by atoms with Crippen LogP contribution < -0.4 is 0 Å². The molecule has 1 N–H and O–H groups in total. The van der Waals surface area contributed by atoms with Crippen LogP contribution in [-0.2, 0) is 4.74 Å². The number of aromatic nitrogens is 2. The van der Waals surface area contributed by atoms with Crippen LogP contribution in [0.25, 0.3) is 5.69 Å². The number of carboxylic acids is 1. The molecule has 0 aliphatic carbocycles. The Morgan fingerprint density at radius 2 is 2.14 bits per heavy atom. The van der Waals surface area contributed by atoms with E-state index in [0.29, 0.717) is 24.6 Å². The van der Waals surface area contributed by atoms with Crippen LogP contribution in [0, 0.1) is 5.82 Å². The van der Waals surface area contributed by atoms with E-state index in [4.69, 9.17) is 4.74 Å². The first-order valence-electron chi connectivity index (χ1n) is 6.81. The summed E-state index contributed by atoms with van der Waals surface area (Å²) in [4.78, 5) is 11.4. The molecule has 3 rings (SSSR count). The van der Waals surface area contributed by atoms with Crippen LogP contribution in [0.1, 0.15) is 34.8 Å². The third-order valence-corrected chi connectivity index (χ3v) is 3.65. The third-order valence-electron chi connectivity index (χ3n) is 3.65. The van der Waals surface area contributed by atoms with Gasteiger partial charge in [0.25, 0.3) is 0 Å². The first kappa shape index (κ1) is 13.8. The topological polar surface area (TPSA) is 64.3 Å². The highest BCUT2D eigenvalue weighted by atomic mass is 19.1. The van der Waals surface area contributed by atoms with E-state index in [1.807, 2.05) is 0 Å². The molecular formula is C15H15FN2O3. The summed E-state index contributed by atoms with van der Waals surface area (Å²) >= 11 is 0. The number of benzene rings is 1. The van der Waals surface area contributed by atoms with E-state index in [1.54, 1.807) is 12.1 Å². The minimum atomic E-state index is -1.01. The highest BCUT2D eigenvalue weighted by molar-refractivity contribution is 5.89. The molecule has 0 spiro atoms. The molecule has 5 nitrogen and oxygen atoms in total. The first-order valence-corrected chi connectivity index (χ1v) is 6.81. The number of hydrogen-bond acceptors (Lipinski definition) is 3. The van der Waals surface area contributed by atoms with Gasteiger partial charge in [0.1, 0.15) is 11.4 Å². The maximum atomic E-state index is 13.3. The number of hydrogen-bond donors (Lipinski definition) is 1. The smallest absolute Gasteiger partial charge is 0.339 e. The Hall–Kier alpha value is -2.21. The fraction of sp³-hybridized carbons (Fsp3) is 0.333. The third kappa shape index (κ3) is 2.80. The minimum Gasteiger partial charge on any atom is -0.478 e. The van der Waals surface area contributed by atoms with Gasteiger partial charge in [-0.05, 0) is 31.0 Å². The van der Waals surface area contributed by atoms with Crippen molar-refractivity contribution in [2.45, 2.75) is 18.8 Å². The van der Waals surface area contributed by atoms with Gasteiger partial charge in [0, 0.05) is 25.3 Å². The summed E-state index contributed by atoms with van der Waals surface area (Å²) in [5, 5.41) is 13.7. The Labute approximate surface area is 121 Å². The largest absolute Gasteiger partial charge is 0.478 e. The number of ether oxygens (including phenoxy) is 1. The second-order valence-electron chi connectivity index (χ2n) is 5.04. The molecule has 1 aliphatic heterocycles. The Kier molecular flexibility index (Phi) is 3.70. The lowest BCUT2D eigenvalue weighted by molar-refractivity contribution is 0.0684. The van der Waals surface area contributed by atoms with Crippen molar-refractivity contribution >= 4 is 5.97 Å². The fourth-order valence-corrected chi connectivity index (χ4v) is 2.58. The van der Waals surface area contributed by atoms with Crippen LogP contribution in [0.5, 0.6) is 0 Å². The molecule has 1 aromatic carbocycles. The SMILES string of the molecule is O=C(O)c1cn(-c2cccc(F)c2)nc1C1CCOCC1. The first-order chi connectivity index (χ1) is 10.1. The van der Waals surface area contributed by atoms with E-state index in [1.165, 1.54) is 23.0 Å². The number of nitrogens with zero attached hydrogens (tertiary/aromatic N) is 2. The molecular weight excluding hydrogens is 275 g/mol. The van der Waals surface area contributed by atoms with Gasteiger partial charge in [-0.3, -0.25) is 0 Å². The standard InChI is InChI=1S/C15H15FN2O3/c16-11-2-1-3-12(8-11)18-9-13(15(19)20)14(17-18)10-4-6-21-7-5-10/h1-3,8-10H,4-7H2,(H,19,20). The molecule has 6 heteroatoms. The zero-order valence-electron chi connectivity index (χ0n) is 11.3. The Morgan fingerprint density at radius 1 is 1.38 bits per heavy atom. The van der Waals surface area contributed by atoms with E-state index in [9.17, 15) is 14.3 Å². The molecule has 21 heavy (non-hydrogen) atoms. The molecule has 0 radical (unpaired) electrons. The van der Waals surface area contributed by atoms with Crippen molar-refractivity contribution in [3.05, 3.63) is 47.5 Å². The maximum Gasteiger partial charge on any atom is 0.339 e. The van der Waals surface area contributed by atoms with Crippen molar-refractivity contribution < 1.29 is 19.0 Å². The minimum absolute atomic E-state index is 0.0691. The molecule has 0 unspecified atom stereocenters. The van der Waals surface area contributed by atoms with E-state index in [0.717, 1.165) is 12.8 Å². The highest BCUT2D eigenvalue weighted by Gasteiger charge is 2.25. The van der Waals surface area contributed by atoms with Gasteiger partial charge in [-0.1, -0.05) is 6.07 Å². The molecule has 0 atom stereocenters. The van der Waals surface area contributed by atoms with E-state index < -0.39 is 5.97 Å². The van der Waals surface area contributed by atoms with Crippen LogP contribution in [0.3, 0.4) is 0 Å². The second kappa shape index (κ2) is 5.65. The monoisotopic (exact) mass is 290 g/mol. The van der Waals surface area contributed by atoms with Gasteiger partial charge in [0.15, 0.2) is 0 Å². The average molecular weight is 290 g/mol. The zero-order valence-corrected chi connectivity index (χ0v) is 11.3. The Bertz CT molecular complexity index is 663. The summed E-state index contributed by atoms with van der Waals surface area (Å²) in [5.74, 6) is -1.33. The molecule has 1 aromatic heterocycles. The van der Waals surface area contributed by atoms with Gasteiger partial charge < -0.3 is 9.84 Å². The second-order valence-corrected chi connectivity index (χ2v) is 5.04. The van der Waals surface area contributed by atoms with Gasteiger partial charge in [-0.15, -0.1) is 0 Å². The van der Waals surface area contributed by atoms with Crippen LogP contribution in [0.2, 0.25) is 0 Å². The summed E-state index contributed by atoms with van der Waals surface area (Å²) in [6.07, 6.45) is 2.95. The van der Waals surface area contributed by atoms with Crippen LogP contribution in [0.15, 0.2) is 30.5 Å². The molecule has 2 aromatic rings. The maximum absolute atomic E-state index is 13.3. The summed E-state index contributed by atoms with van der Waals surface area (Å²) in [6.45, 7) is 1.22. The van der Waals surface area contributed by atoms with Gasteiger partial charge in [0.05, 0.1) is 11.4 Å². The molecule has 1 aliphatic rings. The van der Waals surface area contributed by atoms with Gasteiger partial charge in [-0.25, -0.2) is 13.9 Å². The number of halogens is 1. The zero-order chi connectivity index (χ0) is 14.8. The number of rotatable bonds is 3. The quantitative estimate of drug-likeness (QED) is 0.943. The van der Waals surface area contributed by atoms with E-state index >= 15 is 0 Å². The molecule has 0 saturated carbocycles. The van der Waals surface area contributed by atoms with E-state index in [-0.39, 0.29) is 17.3 Å². The Balaban J connectivity index is 2.01. The van der Waals surface area contributed by atoms with Crippen molar-refractivity contribution in [2.24, 2.45) is 0 Å². The average Bonchev–Trinajstić information content (AvgIpc) is 2.93. The van der Waals surface area contributed by atoms with E-state index in [2.05, 4.69) is 5.10 Å². The van der Waals surface area contributed by atoms with Crippen molar-refractivity contribution in [3.63, 3.8) is 0 Å². The van der Waals surface area contributed by atoms with Crippen LogP contribution >= 0.6 is 0 Å². The lowest BCUT2D eigenvalue weighted by atomic mass is 9.94. The lowest BCUT2D eigenvalue weighted by Crippen LogP contribution is -2.16. The lowest BCUT2D eigenvalue weighted by Gasteiger charge is -2.20. The highest BCUT2D eigenvalue weighted by Crippen LogP contribution is 2.29. The van der Waals surface area contributed by atoms with Gasteiger partial charge in [0.2, 0.25) is 0 Å². The van der Waals surface area contributed by atoms with Gasteiger partial charge in [-0.2, -0.15) is 5.10 Å². The fourth-order valence-electron chi connectivity index (χ4n) is 2.58. The summed E-state index contributed by atoms with van der Waals surface area (Å²) < 4.78 is 20.0. The summed E-state index contributed by atoms with van der Waals surface area (Å²) in [6, 6.07) is 5.92. The molecule has 110 valence electrons. The molecule has 0 amide bonds. The number of carboxylic acid groups (broad SMARTS) is 1. The van der Waals surface area contributed by atoms with Crippen molar-refractivity contribution in [2.75, 3.05) is 13.2 Å². The predicted molar refractivity (Wildman–Crippen MR) is 73.3 cm³/mol. The van der Waals surface area contributed by atoms with Crippen molar-refractivity contribution in [1.82, 2.24) is 9.78 Å². The number of aromatic carboxylic acids is 1. The normalized spacial score (nSPS) is 16.0. The van der Waals surface area contributed by atoms with Gasteiger partial charge >= 0.3 is 5.97 Å².